The number of para-hydroxylation sites is 2. The van der Waals surface area contributed by atoms with Crippen molar-refractivity contribution < 1.29 is 14.2 Å². The lowest BCUT2D eigenvalue weighted by Gasteiger charge is -2.19. The van der Waals surface area contributed by atoms with Gasteiger partial charge in [-0.25, -0.2) is 4.98 Å². The molecule has 0 aliphatic rings. The van der Waals surface area contributed by atoms with Crippen molar-refractivity contribution >= 4 is 11.0 Å². The average Bonchev–Trinajstić information content (AvgIpc) is 3.15. The quantitative estimate of drug-likeness (QED) is 0.344. The Morgan fingerprint density at radius 3 is 2.09 bits per heavy atom. The topological polar surface area (TPSA) is 45.5 Å². The van der Waals surface area contributed by atoms with Gasteiger partial charge in [0.1, 0.15) is 36.3 Å². The van der Waals surface area contributed by atoms with Crippen molar-refractivity contribution in [2.75, 3.05) is 13.7 Å². The zero-order chi connectivity index (χ0) is 22.6. The fourth-order valence-electron chi connectivity index (χ4n) is 3.61. The largest absolute Gasteiger partial charge is 0.497 e. The summed E-state index contributed by atoms with van der Waals surface area (Å²) in [5.41, 5.74) is 3.46. The minimum atomic E-state index is 0.132. The molecule has 0 saturated carbocycles. The average molecular weight is 431 g/mol. The molecule has 0 bridgehead atoms. The van der Waals surface area contributed by atoms with E-state index in [0.717, 1.165) is 34.1 Å². The second kappa shape index (κ2) is 9.35. The fraction of sp³-hybridized carbons (Fsp3) is 0.296. The van der Waals surface area contributed by atoms with Gasteiger partial charge >= 0.3 is 0 Å². The van der Waals surface area contributed by atoms with Crippen LogP contribution in [0.25, 0.3) is 11.0 Å². The number of ether oxygens (including phenoxy) is 3. The zero-order valence-corrected chi connectivity index (χ0v) is 19.2. The summed E-state index contributed by atoms with van der Waals surface area (Å²) in [5.74, 6) is 3.32. The lowest BCUT2D eigenvalue weighted by atomic mass is 9.87. The first kappa shape index (κ1) is 21.8. The number of methoxy groups -OCH3 is 1. The molecule has 0 fully saturated rings. The van der Waals surface area contributed by atoms with E-state index in [2.05, 4.69) is 43.5 Å². The number of rotatable bonds is 8. The predicted molar refractivity (Wildman–Crippen MR) is 128 cm³/mol. The van der Waals surface area contributed by atoms with Crippen molar-refractivity contribution in [3.63, 3.8) is 0 Å². The highest BCUT2D eigenvalue weighted by Gasteiger charge is 2.14. The summed E-state index contributed by atoms with van der Waals surface area (Å²) >= 11 is 0. The van der Waals surface area contributed by atoms with Crippen LogP contribution in [0.1, 0.15) is 32.2 Å². The SMILES string of the molecule is COc1ccc(OCc2nc3ccccc3n2CCOc2ccc(C(C)(C)C)cc2)cc1. The molecule has 4 aromatic rings. The Bertz CT molecular complexity index is 1160. The van der Waals surface area contributed by atoms with Crippen LogP contribution >= 0.6 is 0 Å². The predicted octanol–water partition coefficient (Wildman–Crippen LogP) is 6.00. The number of hydrogen-bond acceptors (Lipinski definition) is 4. The summed E-state index contributed by atoms with van der Waals surface area (Å²) in [4.78, 5) is 4.78. The van der Waals surface area contributed by atoms with E-state index in [0.29, 0.717) is 19.8 Å². The normalized spacial score (nSPS) is 11.5. The van der Waals surface area contributed by atoms with Gasteiger partial charge in [0.2, 0.25) is 0 Å². The van der Waals surface area contributed by atoms with E-state index in [1.165, 1.54) is 5.56 Å². The van der Waals surface area contributed by atoms with E-state index in [9.17, 15) is 0 Å². The lowest BCUT2D eigenvalue weighted by Crippen LogP contribution is -2.13. The number of fused-ring (bicyclic) bond motifs is 1. The molecule has 3 aromatic carbocycles. The molecule has 0 spiro atoms. The minimum absolute atomic E-state index is 0.132. The van der Waals surface area contributed by atoms with E-state index in [4.69, 9.17) is 19.2 Å². The maximum Gasteiger partial charge on any atom is 0.148 e. The summed E-state index contributed by atoms with van der Waals surface area (Å²) in [6.45, 7) is 8.24. The van der Waals surface area contributed by atoms with Gasteiger partial charge < -0.3 is 18.8 Å². The molecule has 166 valence electrons. The number of imidazole rings is 1. The molecular formula is C27H30N2O3. The Balaban J connectivity index is 1.45. The number of hydrogen-bond donors (Lipinski definition) is 0. The third-order valence-electron chi connectivity index (χ3n) is 5.46. The number of nitrogens with zero attached hydrogens (tertiary/aromatic N) is 2. The van der Waals surface area contributed by atoms with Crippen LogP contribution in [0, 0.1) is 0 Å². The van der Waals surface area contributed by atoms with Gasteiger partial charge in [-0.05, 0) is 59.5 Å². The molecule has 5 heteroatoms. The van der Waals surface area contributed by atoms with Crippen LogP contribution in [0.5, 0.6) is 17.2 Å². The van der Waals surface area contributed by atoms with Crippen molar-refractivity contribution in [3.05, 3.63) is 84.2 Å². The highest BCUT2D eigenvalue weighted by molar-refractivity contribution is 5.75. The molecule has 0 N–H and O–H groups in total. The van der Waals surface area contributed by atoms with Gasteiger partial charge in [0.15, 0.2) is 0 Å². The van der Waals surface area contributed by atoms with Gasteiger partial charge in [-0.2, -0.15) is 0 Å². The van der Waals surface area contributed by atoms with Crippen LogP contribution in [-0.4, -0.2) is 23.3 Å². The first-order valence-electron chi connectivity index (χ1n) is 10.9. The molecule has 1 heterocycles. The third kappa shape index (κ3) is 5.05. The van der Waals surface area contributed by atoms with Crippen LogP contribution in [0.4, 0.5) is 0 Å². The van der Waals surface area contributed by atoms with Crippen LogP contribution in [0.15, 0.2) is 72.8 Å². The minimum Gasteiger partial charge on any atom is -0.497 e. The molecule has 32 heavy (non-hydrogen) atoms. The van der Waals surface area contributed by atoms with E-state index >= 15 is 0 Å². The highest BCUT2D eigenvalue weighted by atomic mass is 16.5. The second-order valence-corrected chi connectivity index (χ2v) is 8.76. The Kier molecular flexibility index (Phi) is 6.35. The Morgan fingerprint density at radius 2 is 1.41 bits per heavy atom. The summed E-state index contributed by atoms with van der Waals surface area (Å²) in [6, 6.07) is 24.1. The van der Waals surface area contributed by atoms with Crippen LogP contribution in [0.3, 0.4) is 0 Å². The summed E-state index contributed by atoms with van der Waals surface area (Å²) in [5, 5.41) is 0. The molecule has 1 aromatic heterocycles. The fourth-order valence-corrected chi connectivity index (χ4v) is 3.61. The zero-order valence-electron chi connectivity index (χ0n) is 19.2. The Hall–Kier alpha value is -3.47. The molecule has 0 amide bonds. The first-order valence-corrected chi connectivity index (χ1v) is 10.9. The van der Waals surface area contributed by atoms with Crippen molar-refractivity contribution in [3.8, 4) is 17.2 Å². The monoisotopic (exact) mass is 430 g/mol. The van der Waals surface area contributed by atoms with Crippen molar-refractivity contribution in [2.45, 2.75) is 39.3 Å². The first-order chi connectivity index (χ1) is 15.4. The van der Waals surface area contributed by atoms with Crippen LogP contribution in [0.2, 0.25) is 0 Å². The molecule has 0 radical (unpaired) electrons. The molecule has 0 unspecified atom stereocenters. The van der Waals surface area contributed by atoms with Crippen molar-refractivity contribution in [2.24, 2.45) is 0 Å². The van der Waals surface area contributed by atoms with E-state index in [-0.39, 0.29) is 5.41 Å². The maximum absolute atomic E-state index is 6.04. The summed E-state index contributed by atoms with van der Waals surface area (Å²) < 4.78 is 19.4. The van der Waals surface area contributed by atoms with Crippen molar-refractivity contribution in [1.82, 2.24) is 9.55 Å². The highest BCUT2D eigenvalue weighted by Crippen LogP contribution is 2.25. The molecule has 0 aliphatic carbocycles. The Morgan fingerprint density at radius 1 is 0.781 bits per heavy atom. The molecular weight excluding hydrogens is 400 g/mol. The number of aromatic nitrogens is 2. The van der Waals surface area contributed by atoms with Crippen LogP contribution in [-0.2, 0) is 18.6 Å². The van der Waals surface area contributed by atoms with Gasteiger partial charge in [0.25, 0.3) is 0 Å². The van der Waals surface area contributed by atoms with Gasteiger partial charge in [-0.3, -0.25) is 0 Å². The standard InChI is InChI=1S/C27H30N2O3/c1-27(2,3)20-9-11-22(12-10-20)31-18-17-29-25-8-6-5-7-24(25)28-26(29)19-32-23-15-13-21(30-4)14-16-23/h5-16H,17-19H2,1-4H3. The molecule has 0 atom stereocenters. The van der Waals surface area contributed by atoms with Crippen molar-refractivity contribution in [1.29, 1.82) is 0 Å². The molecule has 0 saturated heterocycles. The number of benzene rings is 3. The smallest absolute Gasteiger partial charge is 0.148 e. The van der Waals surface area contributed by atoms with Gasteiger partial charge in [0, 0.05) is 0 Å². The van der Waals surface area contributed by atoms with E-state index < -0.39 is 0 Å². The maximum atomic E-state index is 6.04. The van der Waals surface area contributed by atoms with Gasteiger partial charge in [0.05, 0.1) is 24.7 Å². The summed E-state index contributed by atoms with van der Waals surface area (Å²) in [7, 11) is 1.65. The van der Waals surface area contributed by atoms with E-state index in [1.54, 1.807) is 7.11 Å². The van der Waals surface area contributed by atoms with Gasteiger partial charge in [-0.15, -0.1) is 0 Å². The molecule has 4 rings (SSSR count). The Labute approximate surface area is 189 Å². The molecule has 5 nitrogen and oxygen atoms in total. The molecule has 0 aliphatic heterocycles. The van der Waals surface area contributed by atoms with Crippen LogP contribution < -0.4 is 14.2 Å². The second-order valence-electron chi connectivity index (χ2n) is 8.76. The lowest BCUT2D eigenvalue weighted by molar-refractivity contribution is 0.272. The van der Waals surface area contributed by atoms with Gasteiger partial charge in [-0.1, -0.05) is 45.0 Å². The summed E-state index contributed by atoms with van der Waals surface area (Å²) in [6.07, 6.45) is 0. The van der Waals surface area contributed by atoms with E-state index in [1.807, 2.05) is 54.6 Å². The third-order valence-corrected chi connectivity index (χ3v) is 5.46.